The normalized spacial score (nSPS) is 12.7. The van der Waals surface area contributed by atoms with Crippen LogP contribution in [0.3, 0.4) is 0 Å². The first-order valence-electron chi connectivity index (χ1n) is 6.39. The Hall–Kier alpha value is -1.19. The number of aromatic nitrogens is 1. The minimum atomic E-state index is 0.224. The first-order valence-corrected chi connectivity index (χ1v) is 7.20. The number of benzene rings is 1. The lowest BCUT2D eigenvalue weighted by molar-refractivity contribution is 0.644. The number of hydrogen-bond donors (Lipinski definition) is 1. The summed E-state index contributed by atoms with van der Waals surface area (Å²) in [7, 11) is 0. The SMILES string of the molecule is CCC(N)Cc1nc(-c2ccc(C)cc2)c(C)s1. The van der Waals surface area contributed by atoms with E-state index in [4.69, 9.17) is 10.7 Å². The van der Waals surface area contributed by atoms with Crippen LogP contribution in [-0.2, 0) is 6.42 Å². The van der Waals surface area contributed by atoms with Gasteiger partial charge in [-0.2, -0.15) is 0 Å². The van der Waals surface area contributed by atoms with Crippen LogP contribution in [0.2, 0.25) is 0 Å². The van der Waals surface area contributed by atoms with Gasteiger partial charge in [0.25, 0.3) is 0 Å². The summed E-state index contributed by atoms with van der Waals surface area (Å²) in [4.78, 5) is 6.01. The number of nitrogens with two attached hydrogens (primary N) is 1. The first-order chi connectivity index (χ1) is 8.60. The van der Waals surface area contributed by atoms with Gasteiger partial charge in [0.15, 0.2) is 0 Å². The van der Waals surface area contributed by atoms with E-state index in [1.54, 1.807) is 11.3 Å². The molecular weight excluding hydrogens is 240 g/mol. The van der Waals surface area contributed by atoms with Crippen LogP contribution in [-0.4, -0.2) is 11.0 Å². The van der Waals surface area contributed by atoms with Crippen molar-refractivity contribution in [1.29, 1.82) is 0 Å². The highest BCUT2D eigenvalue weighted by atomic mass is 32.1. The summed E-state index contributed by atoms with van der Waals surface area (Å²) in [6, 6.07) is 8.76. The van der Waals surface area contributed by atoms with Crippen molar-refractivity contribution in [2.75, 3.05) is 0 Å². The quantitative estimate of drug-likeness (QED) is 0.910. The fourth-order valence-corrected chi connectivity index (χ4v) is 2.93. The van der Waals surface area contributed by atoms with E-state index in [1.807, 2.05) is 0 Å². The maximum atomic E-state index is 5.99. The Morgan fingerprint density at radius 1 is 1.22 bits per heavy atom. The minimum Gasteiger partial charge on any atom is -0.327 e. The Labute approximate surface area is 113 Å². The van der Waals surface area contributed by atoms with Gasteiger partial charge in [-0.05, 0) is 20.3 Å². The minimum absolute atomic E-state index is 0.224. The summed E-state index contributed by atoms with van der Waals surface area (Å²) in [5, 5.41) is 1.15. The highest BCUT2D eigenvalue weighted by molar-refractivity contribution is 7.12. The monoisotopic (exact) mass is 260 g/mol. The molecule has 2 rings (SSSR count). The van der Waals surface area contributed by atoms with Crippen LogP contribution in [0.15, 0.2) is 24.3 Å². The lowest BCUT2D eigenvalue weighted by Gasteiger charge is -2.04. The Kier molecular flexibility index (Phi) is 4.15. The average molecular weight is 260 g/mol. The highest BCUT2D eigenvalue weighted by Crippen LogP contribution is 2.28. The van der Waals surface area contributed by atoms with Gasteiger partial charge in [-0.1, -0.05) is 36.8 Å². The summed E-state index contributed by atoms with van der Waals surface area (Å²) in [5.74, 6) is 0. The van der Waals surface area contributed by atoms with Crippen molar-refractivity contribution in [3.63, 3.8) is 0 Å². The fraction of sp³-hybridized carbons (Fsp3) is 0.400. The molecule has 0 aliphatic rings. The number of aryl methyl sites for hydroxylation is 2. The molecule has 2 N–H and O–H groups in total. The van der Waals surface area contributed by atoms with E-state index in [9.17, 15) is 0 Å². The van der Waals surface area contributed by atoms with Crippen molar-refractivity contribution < 1.29 is 0 Å². The maximum Gasteiger partial charge on any atom is 0.0950 e. The Morgan fingerprint density at radius 3 is 2.50 bits per heavy atom. The van der Waals surface area contributed by atoms with Crippen LogP contribution in [0.5, 0.6) is 0 Å². The van der Waals surface area contributed by atoms with Gasteiger partial charge in [0.05, 0.1) is 10.7 Å². The third-order valence-corrected chi connectivity index (χ3v) is 4.12. The molecular formula is C15H20N2S. The van der Waals surface area contributed by atoms with Crippen LogP contribution in [0.1, 0.15) is 28.8 Å². The molecule has 1 aromatic heterocycles. The van der Waals surface area contributed by atoms with E-state index in [2.05, 4.69) is 45.0 Å². The van der Waals surface area contributed by atoms with E-state index in [0.717, 1.165) is 23.5 Å². The van der Waals surface area contributed by atoms with Crippen molar-refractivity contribution in [3.8, 4) is 11.3 Å². The smallest absolute Gasteiger partial charge is 0.0950 e. The Balaban J connectivity index is 2.26. The molecule has 1 aromatic carbocycles. The molecule has 0 aliphatic heterocycles. The second kappa shape index (κ2) is 5.63. The molecule has 0 bridgehead atoms. The van der Waals surface area contributed by atoms with E-state index < -0.39 is 0 Å². The number of rotatable bonds is 4. The molecule has 0 radical (unpaired) electrons. The van der Waals surface area contributed by atoms with E-state index in [0.29, 0.717) is 0 Å². The van der Waals surface area contributed by atoms with Gasteiger partial charge in [-0.3, -0.25) is 0 Å². The van der Waals surface area contributed by atoms with Crippen molar-refractivity contribution in [1.82, 2.24) is 4.98 Å². The van der Waals surface area contributed by atoms with Crippen molar-refractivity contribution in [2.24, 2.45) is 5.73 Å². The molecule has 18 heavy (non-hydrogen) atoms. The van der Waals surface area contributed by atoms with Gasteiger partial charge in [0, 0.05) is 22.9 Å². The molecule has 0 saturated heterocycles. The topological polar surface area (TPSA) is 38.9 Å². The van der Waals surface area contributed by atoms with E-state index >= 15 is 0 Å². The second-order valence-corrected chi connectivity index (χ2v) is 6.04. The number of nitrogens with zero attached hydrogens (tertiary/aromatic N) is 1. The second-order valence-electron chi connectivity index (χ2n) is 4.75. The third-order valence-electron chi connectivity index (χ3n) is 3.13. The molecule has 3 heteroatoms. The molecule has 1 atom stereocenters. The zero-order chi connectivity index (χ0) is 13.1. The van der Waals surface area contributed by atoms with E-state index in [1.165, 1.54) is 16.0 Å². The lowest BCUT2D eigenvalue weighted by Crippen LogP contribution is -2.21. The lowest BCUT2D eigenvalue weighted by atomic mass is 10.1. The molecule has 96 valence electrons. The first kappa shape index (κ1) is 13.2. The van der Waals surface area contributed by atoms with Crippen LogP contribution in [0, 0.1) is 13.8 Å². The molecule has 0 spiro atoms. The fourth-order valence-electron chi connectivity index (χ4n) is 1.89. The molecule has 1 heterocycles. The molecule has 0 fully saturated rings. The van der Waals surface area contributed by atoms with Crippen molar-refractivity contribution in [3.05, 3.63) is 39.7 Å². The molecule has 0 saturated carbocycles. The van der Waals surface area contributed by atoms with Gasteiger partial charge in [-0.15, -0.1) is 11.3 Å². The average Bonchev–Trinajstić information content (AvgIpc) is 2.71. The summed E-state index contributed by atoms with van der Waals surface area (Å²) >= 11 is 1.77. The van der Waals surface area contributed by atoms with Gasteiger partial charge in [0.1, 0.15) is 0 Å². The van der Waals surface area contributed by atoms with Crippen LogP contribution < -0.4 is 5.73 Å². The highest BCUT2D eigenvalue weighted by Gasteiger charge is 2.11. The zero-order valence-electron chi connectivity index (χ0n) is 11.2. The summed E-state index contributed by atoms with van der Waals surface area (Å²) in [6.45, 7) is 6.35. The standard InChI is InChI=1S/C15H20N2S/c1-4-13(16)9-14-17-15(11(3)18-14)12-7-5-10(2)6-8-12/h5-8,13H,4,9,16H2,1-3H3. The summed E-state index contributed by atoms with van der Waals surface area (Å²) in [6.07, 6.45) is 1.88. The summed E-state index contributed by atoms with van der Waals surface area (Å²) in [5.41, 5.74) is 9.58. The molecule has 2 nitrogen and oxygen atoms in total. The Morgan fingerprint density at radius 2 is 1.89 bits per heavy atom. The Bertz CT molecular complexity index is 514. The molecule has 2 aromatic rings. The van der Waals surface area contributed by atoms with Crippen LogP contribution >= 0.6 is 11.3 Å². The molecule has 0 aliphatic carbocycles. The molecule has 0 amide bonds. The number of hydrogen-bond acceptors (Lipinski definition) is 3. The largest absolute Gasteiger partial charge is 0.327 e. The van der Waals surface area contributed by atoms with Crippen molar-refractivity contribution in [2.45, 2.75) is 39.7 Å². The zero-order valence-corrected chi connectivity index (χ0v) is 12.1. The van der Waals surface area contributed by atoms with Crippen molar-refractivity contribution >= 4 is 11.3 Å². The summed E-state index contributed by atoms with van der Waals surface area (Å²) < 4.78 is 0. The van der Waals surface area contributed by atoms with Gasteiger partial charge >= 0.3 is 0 Å². The molecule has 1 unspecified atom stereocenters. The number of thiazole rings is 1. The van der Waals surface area contributed by atoms with E-state index in [-0.39, 0.29) is 6.04 Å². The van der Waals surface area contributed by atoms with Gasteiger partial charge in [-0.25, -0.2) is 4.98 Å². The third kappa shape index (κ3) is 2.98. The predicted molar refractivity (Wildman–Crippen MR) is 79.0 cm³/mol. The van der Waals surface area contributed by atoms with Crippen LogP contribution in [0.25, 0.3) is 11.3 Å². The van der Waals surface area contributed by atoms with Gasteiger partial charge < -0.3 is 5.73 Å². The van der Waals surface area contributed by atoms with Crippen LogP contribution in [0.4, 0.5) is 0 Å². The van der Waals surface area contributed by atoms with Gasteiger partial charge in [0.2, 0.25) is 0 Å². The maximum absolute atomic E-state index is 5.99. The predicted octanol–water partition coefficient (Wildman–Crippen LogP) is 3.71.